The Kier molecular flexibility index (Phi) is 8.78. The average molecular weight is 513 g/mol. The minimum Gasteiger partial charge on any atom is -0.507 e. The van der Waals surface area contributed by atoms with Gasteiger partial charge in [0.2, 0.25) is 0 Å². The average Bonchev–Trinajstić information content (AvgIpc) is 3.17. The maximum Gasteiger partial charge on any atom is 0.295 e. The van der Waals surface area contributed by atoms with Crippen LogP contribution in [0.2, 0.25) is 0 Å². The zero-order valence-electron chi connectivity index (χ0n) is 21.2. The maximum absolute atomic E-state index is 13.5. The molecule has 2 aliphatic heterocycles. The van der Waals surface area contributed by atoms with Gasteiger partial charge in [0.25, 0.3) is 11.7 Å². The second-order valence-electron chi connectivity index (χ2n) is 9.07. The predicted octanol–water partition coefficient (Wildman–Crippen LogP) is 3.77. The maximum atomic E-state index is 13.5. The molecule has 0 radical (unpaired) electrons. The van der Waals surface area contributed by atoms with E-state index in [1.54, 1.807) is 18.2 Å². The van der Waals surface area contributed by atoms with E-state index in [1.165, 1.54) is 36.3 Å². The van der Waals surface area contributed by atoms with Crippen LogP contribution in [0.5, 0.6) is 11.5 Å². The van der Waals surface area contributed by atoms with Crippen LogP contribution in [0.25, 0.3) is 5.76 Å². The van der Waals surface area contributed by atoms with Gasteiger partial charge in [-0.1, -0.05) is 13.0 Å². The van der Waals surface area contributed by atoms with Gasteiger partial charge in [-0.25, -0.2) is 4.39 Å². The van der Waals surface area contributed by atoms with E-state index in [-0.39, 0.29) is 16.9 Å². The molecule has 1 N–H and O–H groups in total. The van der Waals surface area contributed by atoms with Crippen molar-refractivity contribution in [3.05, 3.63) is 65.0 Å². The largest absolute Gasteiger partial charge is 0.507 e. The van der Waals surface area contributed by atoms with Crippen LogP contribution in [-0.2, 0) is 14.3 Å². The Morgan fingerprint density at radius 2 is 1.81 bits per heavy atom. The highest BCUT2D eigenvalue weighted by Gasteiger charge is 2.46. The zero-order valence-corrected chi connectivity index (χ0v) is 21.2. The summed E-state index contributed by atoms with van der Waals surface area (Å²) in [5.41, 5.74) is 0.828. The second-order valence-corrected chi connectivity index (χ2v) is 9.07. The van der Waals surface area contributed by atoms with Crippen LogP contribution in [0.4, 0.5) is 4.39 Å². The molecule has 2 heterocycles. The molecule has 9 heteroatoms. The summed E-state index contributed by atoms with van der Waals surface area (Å²) in [6, 6.07) is 9.59. The van der Waals surface area contributed by atoms with E-state index in [0.29, 0.717) is 49.8 Å². The highest BCUT2D eigenvalue weighted by atomic mass is 19.1. The van der Waals surface area contributed by atoms with E-state index in [2.05, 4.69) is 4.90 Å². The first-order valence-electron chi connectivity index (χ1n) is 12.6. The standard InChI is InChI=1S/C28H33FN2O6/c1-3-15-37-22-10-7-20(18-23(22)35-2)25-24(26(32)19-5-8-21(29)9-6-19)27(33)28(34)31(25)12-4-11-30-13-16-36-17-14-30/h5-10,18,25,32H,3-4,11-17H2,1-2H3. The van der Waals surface area contributed by atoms with Crippen LogP contribution in [0, 0.1) is 5.82 Å². The predicted molar refractivity (Wildman–Crippen MR) is 136 cm³/mol. The molecule has 2 aromatic carbocycles. The minimum absolute atomic E-state index is 0.0349. The normalized spacial score (nSPS) is 19.9. The number of likely N-dealkylation sites (tertiary alicyclic amines) is 1. The van der Waals surface area contributed by atoms with Gasteiger partial charge in [0.15, 0.2) is 11.5 Å². The number of morpholine rings is 1. The molecule has 1 amide bonds. The molecule has 8 nitrogen and oxygen atoms in total. The second kappa shape index (κ2) is 12.2. The van der Waals surface area contributed by atoms with Gasteiger partial charge in [-0.2, -0.15) is 0 Å². The summed E-state index contributed by atoms with van der Waals surface area (Å²) in [6.45, 7) is 6.59. The van der Waals surface area contributed by atoms with E-state index in [1.807, 2.05) is 6.92 Å². The lowest BCUT2D eigenvalue weighted by Crippen LogP contribution is -2.39. The number of aliphatic hydroxyl groups is 1. The van der Waals surface area contributed by atoms with Crippen molar-refractivity contribution in [1.29, 1.82) is 0 Å². The molecule has 198 valence electrons. The van der Waals surface area contributed by atoms with Crippen molar-refractivity contribution in [2.75, 3.05) is 53.1 Å². The third kappa shape index (κ3) is 5.94. The third-order valence-corrected chi connectivity index (χ3v) is 6.60. The Hall–Kier alpha value is -3.43. The first-order chi connectivity index (χ1) is 17.9. The van der Waals surface area contributed by atoms with Crippen LogP contribution in [0.3, 0.4) is 0 Å². The number of aliphatic hydroxyl groups excluding tert-OH is 1. The van der Waals surface area contributed by atoms with Gasteiger partial charge in [0, 0.05) is 31.7 Å². The van der Waals surface area contributed by atoms with Crippen LogP contribution in [0.1, 0.15) is 36.9 Å². The Morgan fingerprint density at radius 1 is 1.08 bits per heavy atom. The van der Waals surface area contributed by atoms with Crippen molar-refractivity contribution in [3.63, 3.8) is 0 Å². The molecule has 37 heavy (non-hydrogen) atoms. The van der Waals surface area contributed by atoms with Crippen LogP contribution >= 0.6 is 0 Å². The smallest absolute Gasteiger partial charge is 0.295 e. The number of benzene rings is 2. The summed E-state index contributed by atoms with van der Waals surface area (Å²) in [5.74, 6) is -1.25. The number of halogens is 1. The minimum atomic E-state index is -0.830. The van der Waals surface area contributed by atoms with Crippen LogP contribution < -0.4 is 9.47 Å². The Bertz CT molecular complexity index is 1140. The van der Waals surface area contributed by atoms with Crippen LogP contribution in [0.15, 0.2) is 48.0 Å². The Balaban J connectivity index is 1.70. The summed E-state index contributed by atoms with van der Waals surface area (Å²) < 4.78 is 30.2. The number of rotatable bonds is 10. The molecule has 2 aliphatic rings. The first kappa shape index (κ1) is 26.6. The number of carbonyl (C=O) groups excluding carboxylic acids is 2. The van der Waals surface area contributed by atoms with Gasteiger partial charge < -0.3 is 24.2 Å². The summed E-state index contributed by atoms with van der Waals surface area (Å²) in [7, 11) is 1.52. The molecule has 0 aliphatic carbocycles. The fourth-order valence-corrected chi connectivity index (χ4v) is 4.70. The number of Topliss-reactive ketones (excluding diaryl/α,β-unsaturated/α-hetero) is 1. The summed E-state index contributed by atoms with van der Waals surface area (Å²) in [4.78, 5) is 30.2. The molecular formula is C28H33FN2O6. The molecule has 2 fully saturated rings. The van der Waals surface area contributed by atoms with E-state index in [4.69, 9.17) is 14.2 Å². The molecule has 0 bridgehead atoms. The SMILES string of the molecule is CCCOc1ccc(C2C(=C(O)c3ccc(F)cc3)C(=O)C(=O)N2CCCN2CCOCC2)cc1OC. The quantitative estimate of drug-likeness (QED) is 0.295. The number of nitrogens with zero attached hydrogens (tertiary/aromatic N) is 2. The molecule has 1 atom stereocenters. The van der Waals surface area contributed by atoms with Crippen molar-refractivity contribution >= 4 is 17.4 Å². The number of ketones is 1. The topological polar surface area (TPSA) is 88.5 Å². The molecular weight excluding hydrogens is 479 g/mol. The van der Waals surface area contributed by atoms with E-state index >= 15 is 0 Å². The first-order valence-corrected chi connectivity index (χ1v) is 12.6. The Labute approximate surface area is 216 Å². The van der Waals surface area contributed by atoms with Gasteiger partial charge in [0.05, 0.1) is 38.5 Å². The molecule has 0 aromatic heterocycles. The lowest BCUT2D eigenvalue weighted by Gasteiger charge is -2.29. The summed E-state index contributed by atoms with van der Waals surface area (Å²) >= 11 is 0. The van der Waals surface area contributed by atoms with E-state index in [9.17, 15) is 19.1 Å². The van der Waals surface area contributed by atoms with E-state index < -0.39 is 23.5 Å². The van der Waals surface area contributed by atoms with Crippen molar-refractivity contribution in [2.24, 2.45) is 0 Å². The number of carbonyl (C=O) groups is 2. The zero-order chi connectivity index (χ0) is 26.4. The lowest BCUT2D eigenvalue weighted by atomic mass is 9.95. The fourth-order valence-electron chi connectivity index (χ4n) is 4.70. The summed E-state index contributed by atoms with van der Waals surface area (Å²) in [6.07, 6.45) is 1.47. The molecule has 1 unspecified atom stereocenters. The van der Waals surface area contributed by atoms with Crippen molar-refractivity contribution in [3.8, 4) is 11.5 Å². The van der Waals surface area contributed by atoms with Crippen molar-refractivity contribution < 1.29 is 33.3 Å². The number of hydrogen-bond donors (Lipinski definition) is 1. The van der Waals surface area contributed by atoms with Gasteiger partial charge in [-0.3, -0.25) is 14.5 Å². The van der Waals surface area contributed by atoms with E-state index in [0.717, 1.165) is 26.1 Å². The molecule has 4 rings (SSSR count). The van der Waals surface area contributed by atoms with Crippen molar-refractivity contribution in [2.45, 2.75) is 25.8 Å². The number of amides is 1. The number of hydrogen-bond acceptors (Lipinski definition) is 7. The summed E-state index contributed by atoms with van der Waals surface area (Å²) in [5, 5.41) is 11.2. The number of methoxy groups -OCH3 is 1. The number of ether oxygens (including phenoxy) is 3. The van der Waals surface area contributed by atoms with Gasteiger partial charge in [0.1, 0.15) is 11.6 Å². The monoisotopic (exact) mass is 512 g/mol. The van der Waals surface area contributed by atoms with Crippen molar-refractivity contribution in [1.82, 2.24) is 9.80 Å². The lowest BCUT2D eigenvalue weighted by molar-refractivity contribution is -0.140. The van der Waals surface area contributed by atoms with Crippen LogP contribution in [-0.4, -0.2) is 79.7 Å². The highest BCUT2D eigenvalue weighted by molar-refractivity contribution is 6.46. The Morgan fingerprint density at radius 3 is 2.49 bits per heavy atom. The van der Waals surface area contributed by atoms with Gasteiger partial charge >= 0.3 is 0 Å². The molecule has 0 spiro atoms. The van der Waals surface area contributed by atoms with Gasteiger partial charge in [-0.05, 0) is 54.8 Å². The molecule has 0 saturated carbocycles. The third-order valence-electron chi connectivity index (χ3n) is 6.60. The highest BCUT2D eigenvalue weighted by Crippen LogP contribution is 2.42. The molecule has 2 aromatic rings. The van der Waals surface area contributed by atoms with Gasteiger partial charge in [-0.15, -0.1) is 0 Å². The fraction of sp³-hybridized carbons (Fsp3) is 0.429. The molecule has 2 saturated heterocycles.